The van der Waals surface area contributed by atoms with Crippen LogP contribution in [0.15, 0.2) is 18.2 Å². The summed E-state index contributed by atoms with van der Waals surface area (Å²) in [6, 6.07) is 5.07. The number of hydrogen-bond donors (Lipinski definition) is 1. The lowest BCUT2D eigenvalue weighted by Crippen LogP contribution is -2.48. The Bertz CT molecular complexity index is 578. The van der Waals surface area contributed by atoms with Crippen molar-refractivity contribution >= 4 is 0 Å². The van der Waals surface area contributed by atoms with Crippen LogP contribution in [0.3, 0.4) is 0 Å². The second kappa shape index (κ2) is 9.13. The van der Waals surface area contributed by atoms with Crippen LogP contribution in [0.1, 0.15) is 12.5 Å². The normalized spacial score (nSPS) is 25.7. The molecule has 0 aromatic heterocycles. The summed E-state index contributed by atoms with van der Waals surface area (Å²) in [5.74, 6) is 0.790. The number of halogens is 1. The van der Waals surface area contributed by atoms with E-state index in [1.54, 1.807) is 6.07 Å². The van der Waals surface area contributed by atoms with Gasteiger partial charge >= 0.3 is 0 Å². The minimum Gasteiger partial charge on any atom is -0.494 e. The minimum atomic E-state index is -0.324. The number of likely N-dealkylation sites (tertiary alicyclic amines) is 1. The van der Waals surface area contributed by atoms with Gasteiger partial charge in [-0.1, -0.05) is 13.0 Å². The van der Waals surface area contributed by atoms with Crippen molar-refractivity contribution in [2.24, 2.45) is 11.8 Å². The third-order valence-electron chi connectivity index (χ3n) is 5.91. The van der Waals surface area contributed by atoms with Crippen LogP contribution in [-0.4, -0.2) is 85.9 Å². The zero-order valence-corrected chi connectivity index (χ0v) is 16.0. The van der Waals surface area contributed by atoms with Crippen LogP contribution in [0.4, 0.5) is 4.39 Å². The van der Waals surface area contributed by atoms with E-state index in [0.29, 0.717) is 17.6 Å². The largest absolute Gasteiger partial charge is 0.494 e. The number of hydrogen-bond acceptors (Lipinski definition) is 5. The van der Waals surface area contributed by atoms with E-state index in [-0.39, 0.29) is 12.4 Å². The molecule has 1 aromatic rings. The summed E-state index contributed by atoms with van der Waals surface area (Å²) in [6.07, 6.45) is 0. The fourth-order valence-electron chi connectivity index (χ4n) is 4.26. The fourth-order valence-corrected chi connectivity index (χ4v) is 4.26. The first kappa shape index (κ1) is 19.5. The molecule has 0 saturated carbocycles. The summed E-state index contributed by atoms with van der Waals surface area (Å²) in [5.41, 5.74) is 1.05. The van der Waals surface area contributed by atoms with Crippen LogP contribution < -0.4 is 4.74 Å². The quantitative estimate of drug-likeness (QED) is 0.793. The summed E-state index contributed by atoms with van der Waals surface area (Å²) in [5, 5.41) is 9.83. The topological polar surface area (TPSA) is 39.2 Å². The predicted octanol–water partition coefficient (Wildman–Crippen LogP) is 1.51. The Morgan fingerprint density at radius 3 is 2.42 bits per heavy atom. The Balaban J connectivity index is 1.55. The van der Waals surface area contributed by atoms with Crippen molar-refractivity contribution in [1.29, 1.82) is 0 Å². The summed E-state index contributed by atoms with van der Waals surface area (Å²) >= 11 is 0. The highest BCUT2D eigenvalue weighted by Crippen LogP contribution is 2.27. The number of benzene rings is 1. The first-order valence-corrected chi connectivity index (χ1v) is 9.73. The molecule has 0 bridgehead atoms. The molecule has 2 fully saturated rings. The number of methoxy groups -OCH3 is 1. The molecule has 2 heterocycles. The van der Waals surface area contributed by atoms with Gasteiger partial charge in [0.15, 0.2) is 11.6 Å². The van der Waals surface area contributed by atoms with Crippen LogP contribution in [0, 0.1) is 17.7 Å². The minimum absolute atomic E-state index is 0.239. The van der Waals surface area contributed by atoms with Gasteiger partial charge in [0.25, 0.3) is 0 Å². The van der Waals surface area contributed by atoms with Gasteiger partial charge in [0, 0.05) is 59.0 Å². The molecule has 3 rings (SSSR count). The standard InChI is InChI=1S/C20H32FN3O2/c1-3-22-6-8-23(9-7-22)12-17-13-24(14-18(17)15-25)11-16-4-5-19(21)20(10-16)26-2/h4-5,10,17-18,25H,3,6-9,11-15H2,1-2H3. The van der Waals surface area contributed by atoms with Crippen molar-refractivity contribution in [3.63, 3.8) is 0 Å². The Morgan fingerprint density at radius 1 is 1.08 bits per heavy atom. The lowest BCUT2D eigenvalue weighted by molar-refractivity contribution is 0.106. The van der Waals surface area contributed by atoms with Crippen LogP contribution in [-0.2, 0) is 6.54 Å². The Kier molecular flexibility index (Phi) is 6.86. The van der Waals surface area contributed by atoms with E-state index in [9.17, 15) is 9.50 Å². The maximum Gasteiger partial charge on any atom is 0.165 e. The molecule has 1 N–H and O–H groups in total. The van der Waals surface area contributed by atoms with Gasteiger partial charge in [0.05, 0.1) is 7.11 Å². The number of ether oxygens (including phenoxy) is 1. The SMILES string of the molecule is CCN1CCN(CC2CN(Cc3ccc(F)c(OC)c3)CC2CO)CC1. The molecule has 0 amide bonds. The zero-order valence-electron chi connectivity index (χ0n) is 16.0. The molecule has 2 aliphatic heterocycles. The smallest absolute Gasteiger partial charge is 0.165 e. The molecule has 2 aliphatic rings. The molecule has 0 spiro atoms. The molecule has 6 heteroatoms. The second-order valence-corrected chi connectivity index (χ2v) is 7.60. The number of piperazine rings is 1. The summed E-state index contributed by atoms with van der Waals surface area (Å²) in [6.45, 7) is 11.8. The van der Waals surface area contributed by atoms with E-state index in [0.717, 1.165) is 64.5 Å². The monoisotopic (exact) mass is 365 g/mol. The third kappa shape index (κ3) is 4.74. The summed E-state index contributed by atoms with van der Waals surface area (Å²) in [7, 11) is 1.49. The Morgan fingerprint density at radius 2 is 1.77 bits per heavy atom. The second-order valence-electron chi connectivity index (χ2n) is 7.60. The van der Waals surface area contributed by atoms with E-state index in [1.807, 2.05) is 6.07 Å². The molecular formula is C20H32FN3O2. The predicted molar refractivity (Wildman–Crippen MR) is 101 cm³/mol. The Labute approximate surface area is 156 Å². The van der Waals surface area contributed by atoms with Crippen LogP contribution in [0.5, 0.6) is 5.75 Å². The molecule has 146 valence electrons. The molecule has 0 aliphatic carbocycles. The van der Waals surface area contributed by atoms with Gasteiger partial charge in [0.1, 0.15) is 0 Å². The first-order chi connectivity index (χ1) is 12.6. The maximum absolute atomic E-state index is 13.6. The van der Waals surface area contributed by atoms with Crippen molar-refractivity contribution in [2.45, 2.75) is 13.5 Å². The Hall–Kier alpha value is -1.21. The molecule has 2 saturated heterocycles. The lowest BCUT2D eigenvalue weighted by atomic mass is 9.96. The van der Waals surface area contributed by atoms with E-state index in [4.69, 9.17) is 4.74 Å². The highest BCUT2D eigenvalue weighted by molar-refractivity contribution is 5.30. The average Bonchev–Trinajstić information content (AvgIpc) is 3.05. The van der Waals surface area contributed by atoms with Gasteiger partial charge in [-0.05, 0) is 36.1 Å². The highest BCUT2D eigenvalue weighted by Gasteiger charge is 2.34. The van der Waals surface area contributed by atoms with E-state index >= 15 is 0 Å². The van der Waals surface area contributed by atoms with Crippen molar-refractivity contribution in [1.82, 2.24) is 14.7 Å². The van der Waals surface area contributed by atoms with Gasteiger partial charge in [-0.2, -0.15) is 0 Å². The average molecular weight is 365 g/mol. The van der Waals surface area contributed by atoms with Gasteiger partial charge in [-0.25, -0.2) is 4.39 Å². The van der Waals surface area contributed by atoms with Crippen molar-refractivity contribution in [3.8, 4) is 5.75 Å². The summed E-state index contributed by atoms with van der Waals surface area (Å²) < 4.78 is 18.7. The molecule has 26 heavy (non-hydrogen) atoms. The third-order valence-corrected chi connectivity index (χ3v) is 5.91. The zero-order chi connectivity index (χ0) is 18.5. The molecule has 0 radical (unpaired) electrons. The van der Waals surface area contributed by atoms with E-state index < -0.39 is 0 Å². The van der Waals surface area contributed by atoms with E-state index in [1.165, 1.54) is 13.2 Å². The number of aliphatic hydroxyl groups is 1. The van der Waals surface area contributed by atoms with E-state index in [2.05, 4.69) is 21.6 Å². The van der Waals surface area contributed by atoms with Gasteiger partial charge in [0.2, 0.25) is 0 Å². The van der Waals surface area contributed by atoms with Gasteiger partial charge in [-0.3, -0.25) is 4.90 Å². The summed E-state index contributed by atoms with van der Waals surface area (Å²) in [4.78, 5) is 7.41. The number of aliphatic hydroxyl groups excluding tert-OH is 1. The van der Waals surface area contributed by atoms with Crippen LogP contribution in [0.2, 0.25) is 0 Å². The number of likely N-dealkylation sites (N-methyl/N-ethyl adjacent to an activating group) is 1. The first-order valence-electron chi connectivity index (χ1n) is 9.73. The van der Waals surface area contributed by atoms with Crippen molar-refractivity contribution in [3.05, 3.63) is 29.6 Å². The van der Waals surface area contributed by atoms with Gasteiger partial charge < -0.3 is 19.6 Å². The lowest BCUT2D eigenvalue weighted by Gasteiger charge is -2.36. The molecular weight excluding hydrogens is 333 g/mol. The number of nitrogens with zero attached hydrogens (tertiary/aromatic N) is 3. The molecule has 1 aromatic carbocycles. The van der Waals surface area contributed by atoms with Crippen LogP contribution >= 0.6 is 0 Å². The molecule has 2 unspecified atom stereocenters. The maximum atomic E-state index is 13.6. The molecule has 5 nitrogen and oxygen atoms in total. The van der Waals surface area contributed by atoms with Crippen molar-refractivity contribution in [2.75, 3.05) is 66.1 Å². The fraction of sp³-hybridized carbons (Fsp3) is 0.700. The van der Waals surface area contributed by atoms with Gasteiger partial charge in [-0.15, -0.1) is 0 Å². The van der Waals surface area contributed by atoms with Crippen molar-refractivity contribution < 1.29 is 14.2 Å². The molecule has 2 atom stereocenters. The van der Waals surface area contributed by atoms with Crippen LogP contribution in [0.25, 0.3) is 0 Å². The highest BCUT2D eigenvalue weighted by atomic mass is 19.1. The number of rotatable bonds is 7.